The van der Waals surface area contributed by atoms with E-state index >= 15 is 0 Å². The van der Waals surface area contributed by atoms with Crippen LogP contribution in [0, 0.1) is 0 Å². The predicted molar refractivity (Wildman–Crippen MR) is 84.6 cm³/mol. The predicted octanol–water partition coefficient (Wildman–Crippen LogP) is 2.52. The molecule has 0 fully saturated rings. The van der Waals surface area contributed by atoms with Crippen molar-refractivity contribution in [3.05, 3.63) is 35.4 Å². The van der Waals surface area contributed by atoms with Crippen LogP contribution in [0.15, 0.2) is 24.3 Å². The maximum Gasteiger partial charge on any atom is 0.0713 e. The second-order valence-corrected chi connectivity index (χ2v) is 5.81. The minimum Gasteiger partial charge on any atom is -0.380 e. The van der Waals surface area contributed by atoms with Crippen molar-refractivity contribution in [1.82, 2.24) is 4.90 Å². The van der Waals surface area contributed by atoms with Crippen LogP contribution in [0.4, 0.5) is 0 Å². The first-order chi connectivity index (χ1) is 9.13. The number of hydrogen-bond acceptors (Lipinski definition) is 4. The van der Waals surface area contributed by atoms with Gasteiger partial charge in [0, 0.05) is 31.5 Å². The molecule has 0 aliphatic carbocycles. The Hall–Kier alpha value is -0.550. The molecule has 0 aliphatic heterocycles. The van der Waals surface area contributed by atoms with Crippen LogP contribution in [0.25, 0.3) is 0 Å². The SMILES string of the molecule is COCc1cccc(C(CN)N(C)C(C)CSC)c1. The van der Waals surface area contributed by atoms with Gasteiger partial charge in [-0.15, -0.1) is 0 Å². The number of thioether (sulfide) groups is 1. The van der Waals surface area contributed by atoms with E-state index in [0.717, 1.165) is 5.75 Å². The summed E-state index contributed by atoms with van der Waals surface area (Å²) in [5, 5.41) is 0. The highest BCUT2D eigenvalue weighted by Crippen LogP contribution is 2.22. The largest absolute Gasteiger partial charge is 0.380 e. The van der Waals surface area contributed by atoms with Crippen LogP contribution in [-0.4, -0.2) is 43.7 Å². The van der Waals surface area contributed by atoms with E-state index in [0.29, 0.717) is 19.2 Å². The molecular formula is C15H26N2OS. The van der Waals surface area contributed by atoms with Gasteiger partial charge in [-0.25, -0.2) is 0 Å². The van der Waals surface area contributed by atoms with E-state index in [2.05, 4.69) is 49.4 Å². The van der Waals surface area contributed by atoms with Crippen LogP contribution in [0.2, 0.25) is 0 Å². The molecule has 0 bridgehead atoms. The molecule has 1 aromatic rings. The van der Waals surface area contributed by atoms with Gasteiger partial charge < -0.3 is 10.5 Å². The first-order valence-electron chi connectivity index (χ1n) is 6.62. The fourth-order valence-electron chi connectivity index (χ4n) is 2.26. The van der Waals surface area contributed by atoms with Gasteiger partial charge in [0.1, 0.15) is 0 Å². The summed E-state index contributed by atoms with van der Waals surface area (Å²) in [6.07, 6.45) is 2.14. The molecule has 3 nitrogen and oxygen atoms in total. The van der Waals surface area contributed by atoms with Crippen LogP contribution < -0.4 is 5.73 Å². The third-order valence-corrected chi connectivity index (χ3v) is 4.28. The Bertz CT molecular complexity index is 373. The highest BCUT2D eigenvalue weighted by molar-refractivity contribution is 7.98. The summed E-state index contributed by atoms with van der Waals surface area (Å²) in [4.78, 5) is 2.36. The first kappa shape index (κ1) is 16.5. The topological polar surface area (TPSA) is 38.5 Å². The van der Waals surface area contributed by atoms with Gasteiger partial charge >= 0.3 is 0 Å². The molecule has 1 rings (SSSR count). The lowest BCUT2D eigenvalue weighted by molar-refractivity contribution is 0.183. The van der Waals surface area contributed by atoms with Crippen molar-refractivity contribution in [2.45, 2.75) is 25.6 Å². The maximum absolute atomic E-state index is 5.98. The monoisotopic (exact) mass is 282 g/mol. The summed E-state index contributed by atoms with van der Waals surface area (Å²) in [5.41, 5.74) is 8.45. The van der Waals surface area contributed by atoms with Gasteiger partial charge in [-0.2, -0.15) is 11.8 Å². The molecular weight excluding hydrogens is 256 g/mol. The van der Waals surface area contributed by atoms with E-state index in [1.807, 2.05) is 11.8 Å². The Labute approximate surface area is 121 Å². The molecule has 0 heterocycles. The number of benzene rings is 1. The molecule has 2 unspecified atom stereocenters. The minimum atomic E-state index is 0.263. The van der Waals surface area contributed by atoms with E-state index in [-0.39, 0.29) is 6.04 Å². The van der Waals surface area contributed by atoms with Gasteiger partial charge in [0.15, 0.2) is 0 Å². The normalized spacial score (nSPS) is 14.6. The molecule has 2 N–H and O–H groups in total. The molecule has 0 saturated carbocycles. The number of nitrogens with two attached hydrogens (primary N) is 1. The van der Waals surface area contributed by atoms with Crippen molar-refractivity contribution in [2.24, 2.45) is 5.73 Å². The van der Waals surface area contributed by atoms with Crippen LogP contribution in [0.5, 0.6) is 0 Å². The van der Waals surface area contributed by atoms with Gasteiger partial charge in [-0.05, 0) is 31.4 Å². The zero-order valence-corrected chi connectivity index (χ0v) is 13.2. The van der Waals surface area contributed by atoms with Crippen molar-refractivity contribution < 1.29 is 4.74 Å². The summed E-state index contributed by atoms with van der Waals surface area (Å²) >= 11 is 1.87. The molecule has 4 heteroatoms. The maximum atomic E-state index is 5.98. The van der Waals surface area contributed by atoms with Gasteiger partial charge in [0.25, 0.3) is 0 Å². The lowest BCUT2D eigenvalue weighted by Gasteiger charge is -2.32. The number of likely N-dealkylation sites (N-methyl/N-ethyl adjacent to an activating group) is 1. The van der Waals surface area contributed by atoms with Crippen molar-refractivity contribution >= 4 is 11.8 Å². The number of hydrogen-bond donors (Lipinski definition) is 1. The first-order valence-corrected chi connectivity index (χ1v) is 8.02. The number of nitrogens with zero attached hydrogens (tertiary/aromatic N) is 1. The quantitative estimate of drug-likeness (QED) is 0.795. The Balaban J connectivity index is 2.86. The molecule has 108 valence electrons. The molecule has 1 aromatic carbocycles. The second kappa shape index (κ2) is 8.59. The lowest BCUT2D eigenvalue weighted by atomic mass is 10.0. The molecule has 0 radical (unpaired) electrons. The smallest absolute Gasteiger partial charge is 0.0713 e. The zero-order chi connectivity index (χ0) is 14.3. The van der Waals surface area contributed by atoms with Crippen LogP contribution in [0.3, 0.4) is 0 Å². The summed E-state index contributed by atoms with van der Waals surface area (Å²) in [5.74, 6) is 1.12. The standard InChI is InChI=1S/C15H26N2OS/c1-12(11-19-4)17(2)15(9-16)14-7-5-6-13(8-14)10-18-3/h5-8,12,15H,9-11,16H2,1-4H3. The minimum absolute atomic E-state index is 0.263. The van der Waals surface area contributed by atoms with Gasteiger partial charge in [0.05, 0.1) is 6.61 Å². The van der Waals surface area contributed by atoms with Crippen LogP contribution >= 0.6 is 11.8 Å². The van der Waals surface area contributed by atoms with Crippen molar-refractivity contribution in [1.29, 1.82) is 0 Å². The van der Waals surface area contributed by atoms with E-state index in [9.17, 15) is 0 Å². The Morgan fingerprint density at radius 2 is 2.16 bits per heavy atom. The van der Waals surface area contributed by atoms with Crippen LogP contribution in [0.1, 0.15) is 24.1 Å². The molecule has 0 amide bonds. The molecule has 0 saturated heterocycles. The fraction of sp³-hybridized carbons (Fsp3) is 0.600. The average molecular weight is 282 g/mol. The van der Waals surface area contributed by atoms with E-state index in [1.54, 1.807) is 7.11 Å². The molecule has 0 aliphatic rings. The Morgan fingerprint density at radius 3 is 2.74 bits per heavy atom. The summed E-state index contributed by atoms with van der Waals surface area (Å²) in [6.45, 7) is 3.53. The number of methoxy groups -OCH3 is 1. The summed E-state index contributed by atoms with van der Waals surface area (Å²) < 4.78 is 5.19. The lowest BCUT2D eigenvalue weighted by Crippen LogP contribution is -2.38. The molecule has 0 spiro atoms. The third-order valence-electron chi connectivity index (χ3n) is 3.46. The highest BCUT2D eigenvalue weighted by Gasteiger charge is 2.20. The van der Waals surface area contributed by atoms with E-state index in [1.165, 1.54) is 11.1 Å². The summed E-state index contributed by atoms with van der Waals surface area (Å²) in [7, 11) is 3.88. The Morgan fingerprint density at radius 1 is 1.42 bits per heavy atom. The molecule has 19 heavy (non-hydrogen) atoms. The number of rotatable bonds is 8. The third kappa shape index (κ3) is 4.80. The van der Waals surface area contributed by atoms with Crippen LogP contribution in [-0.2, 0) is 11.3 Å². The van der Waals surface area contributed by atoms with Crippen molar-refractivity contribution in [3.63, 3.8) is 0 Å². The second-order valence-electron chi connectivity index (χ2n) is 4.90. The van der Waals surface area contributed by atoms with E-state index < -0.39 is 0 Å². The molecule has 0 aromatic heterocycles. The van der Waals surface area contributed by atoms with Crippen molar-refractivity contribution in [2.75, 3.05) is 32.7 Å². The zero-order valence-electron chi connectivity index (χ0n) is 12.4. The molecule has 2 atom stereocenters. The summed E-state index contributed by atoms with van der Waals surface area (Å²) in [6, 6.07) is 9.29. The Kier molecular flexibility index (Phi) is 7.46. The average Bonchev–Trinajstić information content (AvgIpc) is 2.40. The van der Waals surface area contributed by atoms with E-state index in [4.69, 9.17) is 10.5 Å². The van der Waals surface area contributed by atoms with Gasteiger partial charge in [-0.1, -0.05) is 24.3 Å². The highest BCUT2D eigenvalue weighted by atomic mass is 32.2. The fourth-order valence-corrected chi connectivity index (χ4v) is 2.98. The number of ether oxygens (including phenoxy) is 1. The van der Waals surface area contributed by atoms with Gasteiger partial charge in [-0.3, -0.25) is 4.90 Å². The van der Waals surface area contributed by atoms with Gasteiger partial charge in [0.2, 0.25) is 0 Å². The van der Waals surface area contributed by atoms with Crippen molar-refractivity contribution in [3.8, 4) is 0 Å².